The van der Waals surface area contributed by atoms with Crippen molar-refractivity contribution in [1.82, 2.24) is 10.2 Å². The summed E-state index contributed by atoms with van der Waals surface area (Å²) in [5, 5.41) is 3.73. The third-order valence-corrected chi connectivity index (χ3v) is 3.91. The second-order valence-corrected chi connectivity index (χ2v) is 5.48. The van der Waals surface area contributed by atoms with Gasteiger partial charge in [0.25, 0.3) is 0 Å². The molecule has 0 aromatic heterocycles. The Balaban J connectivity index is 1.99. The molecule has 2 atom stereocenters. The molecule has 2 nitrogen and oxygen atoms in total. The molecule has 1 aromatic carbocycles. The van der Waals surface area contributed by atoms with Crippen molar-refractivity contribution in [2.75, 3.05) is 20.1 Å². The minimum absolute atomic E-state index is 0.450. The van der Waals surface area contributed by atoms with E-state index >= 15 is 0 Å². The highest BCUT2D eigenvalue weighted by Gasteiger charge is 2.21. The van der Waals surface area contributed by atoms with Crippen molar-refractivity contribution >= 4 is 0 Å². The first-order valence-corrected chi connectivity index (χ1v) is 6.58. The van der Waals surface area contributed by atoms with E-state index in [1.54, 1.807) is 0 Å². The van der Waals surface area contributed by atoms with E-state index in [0.29, 0.717) is 12.1 Å². The molecule has 2 unspecified atom stereocenters. The van der Waals surface area contributed by atoms with Crippen LogP contribution in [0.2, 0.25) is 0 Å². The normalized spacial score (nSPS) is 22.9. The Labute approximate surface area is 105 Å². The lowest BCUT2D eigenvalue weighted by Gasteiger charge is -2.20. The van der Waals surface area contributed by atoms with Crippen LogP contribution in [0.1, 0.15) is 36.1 Å². The van der Waals surface area contributed by atoms with Crippen molar-refractivity contribution in [2.24, 2.45) is 0 Å². The first-order chi connectivity index (χ1) is 8.06. The molecule has 1 aliphatic heterocycles. The zero-order valence-corrected chi connectivity index (χ0v) is 11.5. The summed E-state index contributed by atoms with van der Waals surface area (Å²) in [7, 11) is 2.20. The Hall–Kier alpha value is -0.860. The molecule has 1 N–H and O–H groups in total. The van der Waals surface area contributed by atoms with Gasteiger partial charge in [-0.05, 0) is 57.5 Å². The summed E-state index contributed by atoms with van der Waals surface area (Å²) < 4.78 is 0. The molecule has 2 heteroatoms. The van der Waals surface area contributed by atoms with E-state index in [2.05, 4.69) is 56.2 Å². The molecule has 0 aliphatic carbocycles. The van der Waals surface area contributed by atoms with Crippen LogP contribution in [0.3, 0.4) is 0 Å². The lowest BCUT2D eigenvalue weighted by atomic mass is 10.0. The summed E-state index contributed by atoms with van der Waals surface area (Å²) in [6.45, 7) is 9.02. The fourth-order valence-electron chi connectivity index (χ4n) is 2.55. The maximum atomic E-state index is 3.73. The summed E-state index contributed by atoms with van der Waals surface area (Å²) >= 11 is 0. The Bertz CT molecular complexity index is 387. The molecule has 0 spiro atoms. The number of likely N-dealkylation sites (tertiary alicyclic amines) is 1. The van der Waals surface area contributed by atoms with Crippen molar-refractivity contribution in [3.05, 3.63) is 34.9 Å². The number of nitrogens with zero attached hydrogens (tertiary/aromatic N) is 1. The van der Waals surface area contributed by atoms with Gasteiger partial charge in [-0.1, -0.05) is 18.2 Å². The number of aryl methyl sites for hydroxylation is 2. The summed E-state index contributed by atoms with van der Waals surface area (Å²) in [5.74, 6) is 0. The maximum absolute atomic E-state index is 3.73. The first-order valence-electron chi connectivity index (χ1n) is 6.58. The van der Waals surface area contributed by atoms with Gasteiger partial charge in [-0.15, -0.1) is 0 Å². The average Bonchev–Trinajstić information content (AvgIpc) is 2.68. The fraction of sp³-hybridized carbons (Fsp3) is 0.600. The van der Waals surface area contributed by atoms with Gasteiger partial charge in [0.05, 0.1) is 0 Å². The average molecular weight is 232 g/mol. The molecular formula is C15H24N2. The van der Waals surface area contributed by atoms with Gasteiger partial charge in [0.15, 0.2) is 0 Å². The van der Waals surface area contributed by atoms with Gasteiger partial charge in [0.2, 0.25) is 0 Å². The van der Waals surface area contributed by atoms with Crippen LogP contribution in [-0.4, -0.2) is 31.1 Å². The molecule has 1 aliphatic rings. The van der Waals surface area contributed by atoms with Crippen molar-refractivity contribution in [2.45, 2.75) is 39.3 Å². The molecule has 17 heavy (non-hydrogen) atoms. The first kappa shape index (κ1) is 12.6. The molecule has 1 heterocycles. The predicted molar refractivity (Wildman–Crippen MR) is 73.4 cm³/mol. The molecule has 94 valence electrons. The number of hydrogen-bond donors (Lipinski definition) is 1. The number of hydrogen-bond acceptors (Lipinski definition) is 2. The maximum Gasteiger partial charge on any atom is 0.0294 e. The van der Waals surface area contributed by atoms with E-state index in [-0.39, 0.29) is 0 Å². The van der Waals surface area contributed by atoms with E-state index in [1.807, 2.05) is 0 Å². The smallest absolute Gasteiger partial charge is 0.0294 e. The molecule has 1 fully saturated rings. The molecule has 0 bridgehead atoms. The number of nitrogens with one attached hydrogen (secondary N) is 1. The third-order valence-electron chi connectivity index (χ3n) is 3.91. The minimum Gasteiger partial charge on any atom is -0.306 e. The SMILES string of the molecule is Cc1ccc(C(C)NC2CCN(C)C2)cc1C. The van der Waals surface area contributed by atoms with Crippen molar-refractivity contribution < 1.29 is 0 Å². The van der Waals surface area contributed by atoms with E-state index < -0.39 is 0 Å². The largest absolute Gasteiger partial charge is 0.306 e. The standard InChI is InChI=1S/C15H24N2/c1-11-5-6-14(9-12(11)2)13(3)16-15-7-8-17(4)10-15/h5-6,9,13,15-16H,7-8,10H2,1-4H3. The lowest BCUT2D eigenvalue weighted by Crippen LogP contribution is -2.33. The van der Waals surface area contributed by atoms with Gasteiger partial charge in [0.1, 0.15) is 0 Å². The second kappa shape index (κ2) is 5.19. The van der Waals surface area contributed by atoms with E-state index in [4.69, 9.17) is 0 Å². The second-order valence-electron chi connectivity index (χ2n) is 5.48. The Morgan fingerprint density at radius 2 is 2.06 bits per heavy atom. The minimum atomic E-state index is 0.450. The van der Waals surface area contributed by atoms with Crippen molar-refractivity contribution in [3.63, 3.8) is 0 Å². The van der Waals surface area contributed by atoms with Crippen molar-refractivity contribution in [3.8, 4) is 0 Å². The van der Waals surface area contributed by atoms with Crippen LogP contribution in [0.5, 0.6) is 0 Å². The fourth-order valence-corrected chi connectivity index (χ4v) is 2.55. The van der Waals surface area contributed by atoms with Crippen LogP contribution in [-0.2, 0) is 0 Å². The summed E-state index contributed by atoms with van der Waals surface area (Å²) in [4.78, 5) is 2.39. The van der Waals surface area contributed by atoms with Crippen LogP contribution in [0.25, 0.3) is 0 Å². The molecule has 1 aromatic rings. The molecule has 2 rings (SSSR count). The van der Waals surface area contributed by atoms with Gasteiger partial charge < -0.3 is 10.2 Å². The van der Waals surface area contributed by atoms with Crippen LogP contribution >= 0.6 is 0 Å². The highest BCUT2D eigenvalue weighted by molar-refractivity contribution is 5.31. The Morgan fingerprint density at radius 1 is 1.29 bits per heavy atom. The summed E-state index contributed by atoms with van der Waals surface area (Å²) in [5.41, 5.74) is 4.17. The van der Waals surface area contributed by atoms with Gasteiger partial charge in [-0.2, -0.15) is 0 Å². The predicted octanol–water partition coefficient (Wildman–Crippen LogP) is 2.66. The Kier molecular flexibility index (Phi) is 3.85. The highest BCUT2D eigenvalue weighted by Crippen LogP contribution is 2.19. The van der Waals surface area contributed by atoms with E-state index in [1.165, 1.54) is 36.2 Å². The van der Waals surface area contributed by atoms with Gasteiger partial charge in [-0.3, -0.25) is 0 Å². The van der Waals surface area contributed by atoms with Gasteiger partial charge in [0, 0.05) is 18.6 Å². The van der Waals surface area contributed by atoms with Crippen LogP contribution < -0.4 is 5.32 Å². The third kappa shape index (κ3) is 3.08. The number of benzene rings is 1. The molecule has 0 saturated carbocycles. The van der Waals surface area contributed by atoms with Crippen LogP contribution in [0.4, 0.5) is 0 Å². The van der Waals surface area contributed by atoms with Gasteiger partial charge >= 0.3 is 0 Å². The lowest BCUT2D eigenvalue weighted by molar-refractivity contribution is 0.387. The van der Waals surface area contributed by atoms with Gasteiger partial charge in [-0.25, -0.2) is 0 Å². The van der Waals surface area contributed by atoms with Crippen molar-refractivity contribution in [1.29, 1.82) is 0 Å². The monoisotopic (exact) mass is 232 g/mol. The topological polar surface area (TPSA) is 15.3 Å². The quantitative estimate of drug-likeness (QED) is 0.862. The van der Waals surface area contributed by atoms with Crippen LogP contribution in [0.15, 0.2) is 18.2 Å². The summed E-state index contributed by atoms with van der Waals surface area (Å²) in [6.07, 6.45) is 1.27. The molecular weight excluding hydrogens is 208 g/mol. The number of likely N-dealkylation sites (N-methyl/N-ethyl adjacent to an activating group) is 1. The molecule has 1 saturated heterocycles. The molecule has 0 radical (unpaired) electrons. The molecule has 0 amide bonds. The van der Waals surface area contributed by atoms with E-state index in [9.17, 15) is 0 Å². The zero-order chi connectivity index (χ0) is 12.4. The zero-order valence-electron chi connectivity index (χ0n) is 11.5. The Morgan fingerprint density at radius 3 is 2.65 bits per heavy atom. The summed E-state index contributed by atoms with van der Waals surface area (Å²) in [6, 6.07) is 7.89. The van der Waals surface area contributed by atoms with Crippen LogP contribution in [0, 0.1) is 13.8 Å². The highest BCUT2D eigenvalue weighted by atomic mass is 15.2. The number of rotatable bonds is 3. The van der Waals surface area contributed by atoms with E-state index in [0.717, 1.165) is 0 Å².